The molecule has 0 spiro atoms. The van der Waals surface area contributed by atoms with Crippen molar-refractivity contribution < 1.29 is 13.5 Å². The molecule has 0 fully saturated rings. The summed E-state index contributed by atoms with van der Waals surface area (Å²) in [6, 6.07) is 10.9. The normalized spacial score (nSPS) is 10.8. The molecule has 0 amide bonds. The Hall–Kier alpha value is -2.45. The van der Waals surface area contributed by atoms with Crippen molar-refractivity contribution in [3.63, 3.8) is 0 Å². The van der Waals surface area contributed by atoms with Crippen LogP contribution in [-0.2, 0) is 10.0 Å². The number of aromatic hydroxyl groups is 1. The Kier molecular flexibility index (Phi) is 3.68. The van der Waals surface area contributed by atoms with Crippen molar-refractivity contribution >= 4 is 15.7 Å². The summed E-state index contributed by atoms with van der Waals surface area (Å²) in [4.78, 5) is -0.163. The second-order valence-corrected chi connectivity index (χ2v) is 5.95. The number of rotatable bonds is 3. The van der Waals surface area contributed by atoms with Gasteiger partial charge in [-0.2, -0.15) is 0 Å². The molecule has 102 valence electrons. The lowest BCUT2D eigenvalue weighted by molar-refractivity contribution is 0.459. The van der Waals surface area contributed by atoms with Crippen molar-refractivity contribution in [2.45, 2.75) is 11.8 Å². The first-order valence-corrected chi connectivity index (χ1v) is 7.30. The fourth-order valence-electron chi connectivity index (χ4n) is 1.72. The van der Waals surface area contributed by atoms with Crippen LogP contribution in [0, 0.1) is 19.3 Å². The molecule has 4 nitrogen and oxygen atoms in total. The van der Waals surface area contributed by atoms with Crippen LogP contribution in [0.25, 0.3) is 0 Å². The molecule has 2 N–H and O–H groups in total. The number of sulfonamides is 1. The van der Waals surface area contributed by atoms with Crippen LogP contribution in [0.3, 0.4) is 0 Å². The van der Waals surface area contributed by atoms with Crippen molar-refractivity contribution in [1.29, 1.82) is 0 Å². The molecule has 0 saturated heterocycles. The standard InChI is InChI=1S/C15H13NO3S/c1-3-12-5-4-6-13(10-12)16-20(18,19)15-9-11(2)7-8-14(15)17/h1,4-10,16-17H,2H3. The summed E-state index contributed by atoms with van der Waals surface area (Å²) in [5.41, 5.74) is 1.65. The summed E-state index contributed by atoms with van der Waals surface area (Å²) in [5.74, 6) is 2.13. The molecule has 0 atom stereocenters. The van der Waals surface area contributed by atoms with Crippen LogP contribution in [-0.4, -0.2) is 13.5 Å². The van der Waals surface area contributed by atoms with Gasteiger partial charge in [-0.25, -0.2) is 8.42 Å². The highest BCUT2D eigenvalue weighted by atomic mass is 32.2. The van der Waals surface area contributed by atoms with Gasteiger partial charge in [0.05, 0.1) is 5.69 Å². The largest absolute Gasteiger partial charge is 0.507 e. The highest BCUT2D eigenvalue weighted by molar-refractivity contribution is 7.92. The van der Waals surface area contributed by atoms with Crippen LogP contribution in [0.1, 0.15) is 11.1 Å². The van der Waals surface area contributed by atoms with E-state index in [1.54, 1.807) is 37.3 Å². The number of phenolic OH excluding ortho intramolecular Hbond substituents is 1. The third-order valence-corrected chi connectivity index (χ3v) is 4.10. The Morgan fingerprint density at radius 1 is 1.20 bits per heavy atom. The lowest BCUT2D eigenvalue weighted by Crippen LogP contribution is -2.13. The molecule has 5 heteroatoms. The van der Waals surface area contributed by atoms with Gasteiger partial charge in [0.25, 0.3) is 10.0 Å². The monoisotopic (exact) mass is 287 g/mol. The van der Waals surface area contributed by atoms with Crippen molar-refractivity contribution in [3.05, 3.63) is 53.6 Å². The molecule has 0 aromatic heterocycles. The molecule has 0 heterocycles. The number of hydrogen-bond acceptors (Lipinski definition) is 3. The van der Waals surface area contributed by atoms with Gasteiger partial charge < -0.3 is 5.11 Å². The SMILES string of the molecule is C#Cc1cccc(NS(=O)(=O)c2cc(C)ccc2O)c1. The minimum atomic E-state index is -3.86. The third kappa shape index (κ3) is 2.92. The first-order valence-electron chi connectivity index (χ1n) is 5.81. The Labute approximate surface area is 118 Å². The van der Waals surface area contributed by atoms with Crippen molar-refractivity contribution in [2.24, 2.45) is 0 Å². The van der Waals surface area contributed by atoms with Gasteiger partial charge in [0, 0.05) is 5.56 Å². The summed E-state index contributed by atoms with van der Waals surface area (Å²) in [7, 11) is -3.86. The minimum Gasteiger partial charge on any atom is -0.507 e. The average Bonchev–Trinajstić information content (AvgIpc) is 2.41. The zero-order valence-electron chi connectivity index (χ0n) is 10.8. The second kappa shape index (κ2) is 5.27. The maximum atomic E-state index is 12.3. The van der Waals surface area contributed by atoms with E-state index in [4.69, 9.17) is 6.42 Å². The highest BCUT2D eigenvalue weighted by Crippen LogP contribution is 2.25. The molecular formula is C15H13NO3S. The molecule has 2 aromatic carbocycles. The number of hydrogen-bond donors (Lipinski definition) is 2. The quantitative estimate of drug-likeness (QED) is 0.852. The Morgan fingerprint density at radius 3 is 2.65 bits per heavy atom. The maximum Gasteiger partial charge on any atom is 0.265 e. The van der Waals surface area contributed by atoms with E-state index in [-0.39, 0.29) is 10.6 Å². The van der Waals surface area contributed by atoms with E-state index in [1.807, 2.05) is 0 Å². The third-order valence-electron chi connectivity index (χ3n) is 2.69. The van der Waals surface area contributed by atoms with Crippen LogP contribution in [0.2, 0.25) is 0 Å². The zero-order valence-corrected chi connectivity index (χ0v) is 11.6. The molecule has 0 aliphatic heterocycles. The van der Waals surface area contributed by atoms with Gasteiger partial charge in [-0.15, -0.1) is 6.42 Å². The Balaban J connectivity index is 2.41. The number of nitrogens with one attached hydrogen (secondary N) is 1. The smallest absolute Gasteiger partial charge is 0.265 e. The van der Waals surface area contributed by atoms with Crippen LogP contribution < -0.4 is 4.72 Å². The molecule has 0 aliphatic rings. The predicted molar refractivity (Wildman–Crippen MR) is 78.0 cm³/mol. The van der Waals surface area contributed by atoms with E-state index in [9.17, 15) is 13.5 Å². The number of benzene rings is 2. The van der Waals surface area contributed by atoms with E-state index in [0.717, 1.165) is 5.56 Å². The average molecular weight is 287 g/mol. The second-order valence-electron chi connectivity index (χ2n) is 4.30. The van der Waals surface area contributed by atoms with E-state index in [1.165, 1.54) is 12.1 Å². The molecule has 2 aromatic rings. The zero-order chi connectivity index (χ0) is 14.8. The van der Waals surface area contributed by atoms with Gasteiger partial charge in [-0.3, -0.25) is 4.72 Å². The van der Waals surface area contributed by atoms with Gasteiger partial charge in [-0.05, 0) is 42.8 Å². The van der Waals surface area contributed by atoms with Gasteiger partial charge in [-0.1, -0.05) is 18.1 Å². The molecule has 0 aliphatic carbocycles. The number of phenols is 1. The molecule has 0 radical (unpaired) electrons. The topological polar surface area (TPSA) is 66.4 Å². The van der Waals surface area contributed by atoms with Gasteiger partial charge in [0.1, 0.15) is 10.6 Å². The summed E-state index contributed by atoms with van der Waals surface area (Å²) < 4.78 is 26.9. The first-order chi connectivity index (χ1) is 9.42. The summed E-state index contributed by atoms with van der Waals surface area (Å²) >= 11 is 0. The Morgan fingerprint density at radius 2 is 1.95 bits per heavy atom. The first kappa shape index (κ1) is 14.0. The molecule has 2 rings (SSSR count). The summed E-state index contributed by atoms with van der Waals surface area (Å²) in [6.45, 7) is 1.75. The van der Waals surface area contributed by atoms with E-state index < -0.39 is 10.0 Å². The fourth-order valence-corrected chi connectivity index (χ4v) is 2.95. The Bertz CT molecular complexity index is 789. The summed E-state index contributed by atoms with van der Waals surface area (Å²) in [5, 5.41) is 9.70. The molecule has 0 saturated carbocycles. The van der Waals surface area contributed by atoms with E-state index in [2.05, 4.69) is 10.6 Å². The van der Waals surface area contributed by atoms with E-state index in [0.29, 0.717) is 11.3 Å². The predicted octanol–water partition coefficient (Wildman–Crippen LogP) is 2.48. The number of anilines is 1. The minimum absolute atomic E-state index is 0.163. The highest BCUT2D eigenvalue weighted by Gasteiger charge is 2.18. The molecule has 0 bridgehead atoms. The summed E-state index contributed by atoms with van der Waals surface area (Å²) in [6.07, 6.45) is 5.27. The number of aryl methyl sites for hydroxylation is 1. The van der Waals surface area contributed by atoms with Crippen molar-refractivity contribution in [1.82, 2.24) is 0 Å². The van der Waals surface area contributed by atoms with Crippen molar-refractivity contribution in [2.75, 3.05) is 4.72 Å². The van der Waals surface area contributed by atoms with Gasteiger partial charge >= 0.3 is 0 Å². The van der Waals surface area contributed by atoms with Gasteiger partial charge in [0.15, 0.2) is 0 Å². The van der Waals surface area contributed by atoms with Crippen LogP contribution in [0.15, 0.2) is 47.4 Å². The number of terminal acetylenes is 1. The van der Waals surface area contributed by atoms with E-state index >= 15 is 0 Å². The maximum absolute atomic E-state index is 12.3. The fraction of sp³-hybridized carbons (Fsp3) is 0.0667. The molecular weight excluding hydrogens is 274 g/mol. The lowest BCUT2D eigenvalue weighted by atomic mass is 10.2. The van der Waals surface area contributed by atoms with Crippen molar-refractivity contribution in [3.8, 4) is 18.1 Å². The van der Waals surface area contributed by atoms with Crippen LogP contribution in [0.5, 0.6) is 5.75 Å². The molecule has 20 heavy (non-hydrogen) atoms. The lowest BCUT2D eigenvalue weighted by Gasteiger charge is -2.10. The van der Waals surface area contributed by atoms with Crippen LogP contribution in [0.4, 0.5) is 5.69 Å². The van der Waals surface area contributed by atoms with Gasteiger partial charge in [0.2, 0.25) is 0 Å². The molecule has 0 unspecified atom stereocenters. The van der Waals surface area contributed by atoms with Crippen LogP contribution >= 0.6 is 0 Å².